The Morgan fingerprint density at radius 2 is 2.00 bits per heavy atom. The third kappa shape index (κ3) is 4.06. The van der Waals surface area contributed by atoms with Gasteiger partial charge in [-0.05, 0) is 43.0 Å². The van der Waals surface area contributed by atoms with Crippen molar-refractivity contribution >= 4 is 23.2 Å². The molecule has 6 heteroatoms. The van der Waals surface area contributed by atoms with Crippen molar-refractivity contribution in [2.45, 2.75) is 50.4 Å². The molecule has 0 radical (unpaired) electrons. The van der Waals surface area contributed by atoms with Crippen molar-refractivity contribution in [2.75, 3.05) is 19.8 Å². The van der Waals surface area contributed by atoms with Crippen molar-refractivity contribution in [3.8, 4) is 0 Å². The molecule has 2 fully saturated rings. The molecule has 1 saturated heterocycles. The number of hydrogen-bond donors (Lipinski definition) is 2. The molecule has 0 spiro atoms. The molecule has 1 saturated carbocycles. The van der Waals surface area contributed by atoms with Crippen LogP contribution in [0.15, 0.2) is 17.5 Å². The lowest BCUT2D eigenvalue weighted by atomic mass is 9.72. The molecule has 2 aliphatic rings. The number of rotatable bonds is 6. The SMILES string of the molecule is O=C(O)C(CNC(=O)C1(c2cccs2)CCCCC1)C1CCOCC1. The van der Waals surface area contributed by atoms with E-state index in [2.05, 4.69) is 5.32 Å². The van der Waals surface area contributed by atoms with Crippen molar-refractivity contribution in [3.63, 3.8) is 0 Å². The van der Waals surface area contributed by atoms with E-state index in [0.717, 1.165) is 43.4 Å². The van der Waals surface area contributed by atoms with Gasteiger partial charge in [-0.1, -0.05) is 25.3 Å². The van der Waals surface area contributed by atoms with Gasteiger partial charge in [-0.25, -0.2) is 0 Å². The van der Waals surface area contributed by atoms with Crippen molar-refractivity contribution in [1.29, 1.82) is 0 Å². The summed E-state index contributed by atoms with van der Waals surface area (Å²) in [6.45, 7) is 1.44. The summed E-state index contributed by atoms with van der Waals surface area (Å²) in [5, 5.41) is 14.6. The minimum atomic E-state index is -0.819. The number of carboxylic acid groups (broad SMARTS) is 1. The van der Waals surface area contributed by atoms with Crippen LogP contribution in [0.3, 0.4) is 0 Å². The maximum absolute atomic E-state index is 13.1. The van der Waals surface area contributed by atoms with Gasteiger partial charge in [0, 0.05) is 24.6 Å². The van der Waals surface area contributed by atoms with Crippen LogP contribution < -0.4 is 5.32 Å². The van der Waals surface area contributed by atoms with Gasteiger partial charge in [-0.2, -0.15) is 0 Å². The summed E-state index contributed by atoms with van der Waals surface area (Å²) in [7, 11) is 0. The van der Waals surface area contributed by atoms with Gasteiger partial charge in [-0.15, -0.1) is 11.3 Å². The van der Waals surface area contributed by atoms with Crippen molar-refractivity contribution in [2.24, 2.45) is 11.8 Å². The molecule has 1 atom stereocenters. The highest BCUT2D eigenvalue weighted by Crippen LogP contribution is 2.41. The summed E-state index contributed by atoms with van der Waals surface area (Å²) in [5.41, 5.74) is -0.467. The monoisotopic (exact) mass is 365 g/mol. The summed E-state index contributed by atoms with van der Waals surface area (Å²) >= 11 is 1.63. The number of ether oxygens (including phenoxy) is 1. The molecular weight excluding hydrogens is 338 g/mol. The Morgan fingerprint density at radius 1 is 1.28 bits per heavy atom. The number of hydrogen-bond acceptors (Lipinski definition) is 4. The fourth-order valence-corrected chi connectivity index (χ4v) is 5.22. The normalized spacial score (nSPS) is 22.2. The molecule has 25 heavy (non-hydrogen) atoms. The fourth-order valence-electron chi connectivity index (χ4n) is 4.24. The fraction of sp³-hybridized carbons (Fsp3) is 0.684. The van der Waals surface area contributed by atoms with Gasteiger partial charge in [0.05, 0.1) is 11.3 Å². The largest absolute Gasteiger partial charge is 0.481 e. The predicted octanol–water partition coefficient (Wildman–Crippen LogP) is 3.19. The third-order valence-electron chi connectivity index (χ3n) is 5.77. The highest BCUT2D eigenvalue weighted by Gasteiger charge is 2.42. The van der Waals surface area contributed by atoms with Crippen molar-refractivity contribution in [3.05, 3.63) is 22.4 Å². The topological polar surface area (TPSA) is 75.6 Å². The molecule has 1 unspecified atom stereocenters. The molecule has 1 aliphatic carbocycles. The minimum absolute atomic E-state index is 0.00737. The Labute approximate surface area is 152 Å². The molecule has 2 N–H and O–H groups in total. The van der Waals surface area contributed by atoms with Gasteiger partial charge < -0.3 is 15.2 Å². The van der Waals surface area contributed by atoms with E-state index < -0.39 is 17.3 Å². The van der Waals surface area contributed by atoms with Crippen LogP contribution in [-0.2, 0) is 19.7 Å². The first-order valence-electron chi connectivity index (χ1n) is 9.26. The molecule has 2 heterocycles. The standard InChI is InChI=1S/C19H27NO4S/c21-17(22)15(14-6-10-24-11-7-14)13-20-18(23)19(8-2-1-3-9-19)16-5-4-12-25-16/h4-5,12,14-15H,1-3,6-11,13H2,(H,20,23)(H,21,22). The number of thiophene rings is 1. The van der Waals surface area contributed by atoms with Crippen LogP contribution in [0.25, 0.3) is 0 Å². The van der Waals surface area contributed by atoms with E-state index in [4.69, 9.17) is 4.74 Å². The Morgan fingerprint density at radius 3 is 2.60 bits per heavy atom. The second kappa shape index (κ2) is 8.32. The van der Waals surface area contributed by atoms with E-state index in [-0.39, 0.29) is 18.4 Å². The zero-order valence-corrected chi connectivity index (χ0v) is 15.4. The van der Waals surface area contributed by atoms with Gasteiger partial charge in [0.1, 0.15) is 0 Å². The first-order chi connectivity index (χ1) is 12.1. The summed E-state index contributed by atoms with van der Waals surface area (Å²) in [4.78, 5) is 25.9. The average molecular weight is 365 g/mol. The van der Waals surface area contributed by atoms with Crippen LogP contribution in [0.4, 0.5) is 0 Å². The number of carboxylic acids is 1. The van der Waals surface area contributed by atoms with E-state index in [9.17, 15) is 14.7 Å². The van der Waals surface area contributed by atoms with Gasteiger partial charge in [0.25, 0.3) is 0 Å². The minimum Gasteiger partial charge on any atom is -0.481 e. The van der Waals surface area contributed by atoms with E-state index in [1.807, 2.05) is 17.5 Å². The molecule has 0 bridgehead atoms. The summed E-state index contributed by atoms with van der Waals surface area (Å²) in [6.07, 6.45) is 6.48. The van der Waals surface area contributed by atoms with Crippen LogP contribution in [0.1, 0.15) is 49.8 Å². The molecular formula is C19H27NO4S. The lowest BCUT2D eigenvalue weighted by Gasteiger charge is -2.36. The lowest BCUT2D eigenvalue weighted by molar-refractivity contribution is -0.145. The number of carbonyl (C=O) groups is 2. The van der Waals surface area contributed by atoms with Gasteiger partial charge in [0.15, 0.2) is 0 Å². The highest BCUT2D eigenvalue weighted by atomic mass is 32.1. The molecule has 0 aromatic carbocycles. The molecule has 1 amide bonds. The Balaban J connectivity index is 1.69. The first kappa shape index (κ1) is 18.4. The molecule has 1 aliphatic heterocycles. The molecule has 1 aromatic heterocycles. The molecule has 3 rings (SSSR count). The maximum Gasteiger partial charge on any atom is 0.308 e. The van der Waals surface area contributed by atoms with E-state index >= 15 is 0 Å². The quantitative estimate of drug-likeness (QED) is 0.812. The molecule has 138 valence electrons. The van der Waals surface area contributed by atoms with Crippen LogP contribution in [0.5, 0.6) is 0 Å². The Kier molecular flexibility index (Phi) is 6.12. The number of carbonyl (C=O) groups excluding carboxylic acids is 1. The third-order valence-corrected chi connectivity index (χ3v) is 6.84. The second-order valence-corrected chi connectivity index (χ2v) is 8.17. The number of nitrogens with one attached hydrogen (secondary N) is 1. The lowest BCUT2D eigenvalue weighted by Crippen LogP contribution is -2.48. The van der Waals surface area contributed by atoms with E-state index in [1.54, 1.807) is 11.3 Å². The number of aliphatic carboxylic acids is 1. The second-order valence-electron chi connectivity index (χ2n) is 7.22. The zero-order valence-electron chi connectivity index (χ0n) is 14.5. The maximum atomic E-state index is 13.1. The van der Waals surface area contributed by atoms with Gasteiger partial charge in [-0.3, -0.25) is 9.59 Å². The van der Waals surface area contributed by atoms with E-state index in [1.165, 1.54) is 6.42 Å². The van der Waals surface area contributed by atoms with Crippen LogP contribution in [-0.4, -0.2) is 36.7 Å². The zero-order chi connectivity index (χ0) is 17.7. The van der Waals surface area contributed by atoms with Gasteiger partial charge >= 0.3 is 5.97 Å². The number of amides is 1. The smallest absolute Gasteiger partial charge is 0.308 e. The Bertz CT molecular complexity index is 574. The van der Waals surface area contributed by atoms with Crippen LogP contribution in [0.2, 0.25) is 0 Å². The summed E-state index contributed by atoms with van der Waals surface area (Å²) in [5.74, 6) is -1.26. The summed E-state index contributed by atoms with van der Waals surface area (Å²) in [6, 6.07) is 4.04. The molecule has 1 aromatic rings. The van der Waals surface area contributed by atoms with Gasteiger partial charge in [0.2, 0.25) is 5.91 Å². The highest BCUT2D eigenvalue weighted by molar-refractivity contribution is 7.10. The van der Waals surface area contributed by atoms with Crippen LogP contribution >= 0.6 is 11.3 Å². The van der Waals surface area contributed by atoms with Crippen molar-refractivity contribution in [1.82, 2.24) is 5.32 Å². The Hall–Kier alpha value is -1.40. The molecule has 5 nitrogen and oxygen atoms in total. The van der Waals surface area contributed by atoms with E-state index in [0.29, 0.717) is 13.2 Å². The summed E-state index contributed by atoms with van der Waals surface area (Å²) < 4.78 is 5.34. The average Bonchev–Trinajstić information content (AvgIpc) is 3.18. The van der Waals surface area contributed by atoms with Crippen molar-refractivity contribution < 1.29 is 19.4 Å². The first-order valence-corrected chi connectivity index (χ1v) is 10.1. The van der Waals surface area contributed by atoms with Crippen LogP contribution in [0, 0.1) is 11.8 Å². The predicted molar refractivity (Wildman–Crippen MR) is 96.8 cm³/mol.